The molecular formula is C22H23Cl2N3O2. The Balaban J connectivity index is 1.79. The van der Waals surface area contributed by atoms with Crippen molar-refractivity contribution in [3.63, 3.8) is 0 Å². The molecule has 2 N–H and O–H groups in total. The second-order valence-corrected chi connectivity index (χ2v) is 8.68. The molecule has 2 aromatic rings. The standard InChI is InChI=1S/C22H23Cl2N3O2/c1-26(2)20-19(21(28)22(20)29)25-18-7-5-4-6-13(18)15-10-27(3)11-16-14(15)8-12(23)9-17(16)24/h4-9,15,21,25,28H,10-11H2,1-3H3/t15-,21?/m0/s1. The second kappa shape index (κ2) is 7.65. The Labute approximate surface area is 180 Å². The summed E-state index contributed by atoms with van der Waals surface area (Å²) in [5.41, 5.74) is 5.14. The number of nitrogens with zero attached hydrogens (tertiary/aromatic N) is 2. The van der Waals surface area contributed by atoms with Crippen molar-refractivity contribution in [3.05, 3.63) is 74.5 Å². The SMILES string of the molecule is CN1Cc2c(Cl)cc(Cl)cc2[C@H](c2ccccc2NC2=C(N(C)C)C(=O)C2O)C1. The number of benzene rings is 2. The Bertz CT molecular complexity index is 1020. The lowest BCUT2D eigenvalue weighted by Crippen LogP contribution is -2.45. The Kier molecular flexibility index (Phi) is 5.34. The maximum Gasteiger partial charge on any atom is 0.215 e. The second-order valence-electron chi connectivity index (χ2n) is 7.84. The molecule has 0 fully saturated rings. The van der Waals surface area contributed by atoms with Crippen molar-refractivity contribution >= 4 is 34.7 Å². The van der Waals surface area contributed by atoms with E-state index in [0.717, 1.165) is 35.5 Å². The number of hydrogen-bond acceptors (Lipinski definition) is 5. The molecule has 1 heterocycles. The normalized spacial score (nSPS) is 21.7. The number of ketones is 1. The Morgan fingerprint density at radius 2 is 1.90 bits per heavy atom. The molecule has 1 unspecified atom stereocenters. The van der Waals surface area contributed by atoms with Gasteiger partial charge in [-0.05, 0) is 41.9 Å². The van der Waals surface area contributed by atoms with Gasteiger partial charge in [-0.3, -0.25) is 4.79 Å². The largest absolute Gasteiger partial charge is 0.378 e. The van der Waals surface area contributed by atoms with Gasteiger partial charge in [-0.15, -0.1) is 0 Å². The van der Waals surface area contributed by atoms with Crippen LogP contribution in [0.15, 0.2) is 47.8 Å². The highest BCUT2D eigenvalue weighted by Crippen LogP contribution is 2.41. The van der Waals surface area contributed by atoms with Crippen LogP contribution in [0.1, 0.15) is 22.6 Å². The highest BCUT2D eigenvalue weighted by Gasteiger charge is 2.40. The van der Waals surface area contributed by atoms with E-state index in [1.165, 1.54) is 0 Å². The monoisotopic (exact) mass is 431 g/mol. The fourth-order valence-corrected chi connectivity index (χ4v) is 4.77. The lowest BCUT2D eigenvalue weighted by molar-refractivity contribution is -0.126. The highest BCUT2D eigenvalue weighted by molar-refractivity contribution is 6.35. The van der Waals surface area contributed by atoms with Gasteiger partial charge in [-0.25, -0.2) is 0 Å². The molecule has 0 amide bonds. The summed E-state index contributed by atoms with van der Waals surface area (Å²) in [7, 11) is 5.66. The Hall–Kier alpha value is -2.05. The number of para-hydroxylation sites is 1. The summed E-state index contributed by atoms with van der Waals surface area (Å²) in [4.78, 5) is 16.0. The molecule has 5 nitrogen and oxygen atoms in total. The van der Waals surface area contributed by atoms with E-state index in [1.54, 1.807) is 25.1 Å². The Morgan fingerprint density at radius 1 is 1.17 bits per heavy atom. The minimum atomic E-state index is -1.12. The maximum atomic E-state index is 12.0. The molecule has 0 bridgehead atoms. The smallest absolute Gasteiger partial charge is 0.215 e. The van der Waals surface area contributed by atoms with Crippen molar-refractivity contribution in [3.8, 4) is 0 Å². The molecule has 0 aromatic heterocycles. The third kappa shape index (κ3) is 3.53. The van der Waals surface area contributed by atoms with E-state index in [-0.39, 0.29) is 11.7 Å². The number of Topliss-reactive ketones (excluding diaryl/α,β-unsaturated/α-hetero) is 1. The maximum absolute atomic E-state index is 12.0. The number of carbonyl (C=O) groups is 1. The van der Waals surface area contributed by atoms with E-state index < -0.39 is 6.10 Å². The number of aliphatic hydroxyl groups excluding tert-OH is 1. The molecule has 0 radical (unpaired) electrons. The number of nitrogens with one attached hydrogen (secondary N) is 1. The number of fused-ring (bicyclic) bond motifs is 1. The van der Waals surface area contributed by atoms with Crippen LogP contribution >= 0.6 is 23.2 Å². The van der Waals surface area contributed by atoms with Crippen LogP contribution in [0.2, 0.25) is 10.0 Å². The van der Waals surface area contributed by atoms with Gasteiger partial charge >= 0.3 is 0 Å². The van der Waals surface area contributed by atoms with E-state index in [1.807, 2.05) is 24.3 Å². The molecule has 1 aliphatic heterocycles. The van der Waals surface area contributed by atoms with Crippen LogP contribution in [-0.4, -0.2) is 54.5 Å². The van der Waals surface area contributed by atoms with Crippen LogP contribution in [0.25, 0.3) is 0 Å². The fourth-order valence-electron chi connectivity index (χ4n) is 4.21. The minimum Gasteiger partial charge on any atom is -0.378 e. The molecule has 0 spiro atoms. The van der Waals surface area contributed by atoms with Crippen molar-refractivity contribution in [2.45, 2.75) is 18.6 Å². The van der Waals surface area contributed by atoms with Gasteiger partial charge in [0.15, 0.2) is 6.10 Å². The molecular weight excluding hydrogens is 409 g/mol. The van der Waals surface area contributed by atoms with Gasteiger partial charge < -0.3 is 20.2 Å². The van der Waals surface area contributed by atoms with Crippen LogP contribution in [0.5, 0.6) is 0 Å². The molecule has 4 rings (SSSR count). The number of rotatable bonds is 4. The van der Waals surface area contributed by atoms with Gasteiger partial charge in [0.25, 0.3) is 0 Å². The number of anilines is 1. The van der Waals surface area contributed by atoms with Crippen molar-refractivity contribution in [2.24, 2.45) is 0 Å². The van der Waals surface area contributed by atoms with Crippen molar-refractivity contribution < 1.29 is 9.90 Å². The summed E-state index contributed by atoms with van der Waals surface area (Å²) >= 11 is 12.8. The van der Waals surface area contributed by atoms with Gasteiger partial charge in [-0.1, -0.05) is 41.4 Å². The van der Waals surface area contributed by atoms with Crippen molar-refractivity contribution in [1.29, 1.82) is 0 Å². The predicted octanol–water partition coefficient (Wildman–Crippen LogP) is 3.70. The molecule has 0 saturated carbocycles. The number of halogens is 2. The molecule has 1 aliphatic carbocycles. The zero-order chi connectivity index (χ0) is 20.9. The van der Waals surface area contributed by atoms with Gasteiger partial charge in [-0.2, -0.15) is 0 Å². The molecule has 7 heteroatoms. The number of hydrogen-bond donors (Lipinski definition) is 2. The van der Waals surface area contributed by atoms with E-state index in [2.05, 4.69) is 23.3 Å². The first kappa shape index (κ1) is 20.2. The quantitative estimate of drug-likeness (QED) is 0.772. The van der Waals surface area contributed by atoms with Gasteiger partial charge in [0, 0.05) is 48.8 Å². The highest BCUT2D eigenvalue weighted by atomic mass is 35.5. The average Bonchev–Trinajstić information content (AvgIpc) is 2.67. The third-order valence-corrected chi connectivity index (χ3v) is 6.11. The summed E-state index contributed by atoms with van der Waals surface area (Å²) in [6, 6.07) is 11.7. The summed E-state index contributed by atoms with van der Waals surface area (Å²) in [6.45, 7) is 1.57. The summed E-state index contributed by atoms with van der Waals surface area (Å²) in [5.74, 6) is -0.212. The number of carbonyl (C=O) groups excluding carboxylic acids is 1. The van der Waals surface area contributed by atoms with Crippen molar-refractivity contribution in [2.75, 3.05) is 33.0 Å². The zero-order valence-electron chi connectivity index (χ0n) is 16.5. The molecule has 2 aliphatic rings. The Morgan fingerprint density at radius 3 is 2.62 bits per heavy atom. The van der Waals surface area contributed by atoms with Crippen LogP contribution in [0.4, 0.5) is 5.69 Å². The predicted molar refractivity (Wildman–Crippen MR) is 116 cm³/mol. The number of aliphatic hydroxyl groups is 1. The van der Waals surface area contributed by atoms with Crippen LogP contribution in [-0.2, 0) is 11.3 Å². The number of likely N-dealkylation sites (N-methyl/N-ethyl adjacent to an activating group) is 2. The lowest BCUT2D eigenvalue weighted by Gasteiger charge is -2.36. The van der Waals surface area contributed by atoms with Gasteiger partial charge in [0.05, 0.1) is 5.70 Å². The molecule has 29 heavy (non-hydrogen) atoms. The van der Waals surface area contributed by atoms with E-state index in [4.69, 9.17) is 23.2 Å². The van der Waals surface area contributed by atoms with E-state index >= 15 is 0 Å². The molecule has 152 valence electrons. The topological polar surface area (TPSA) is 55.8 Å². The summed E-state index contributed by atoms with van der Waals surface area (Å²) < 4.78 is 0. The van der Waals surface area contributed by atoms with E-state index in [0.29, 0.717) is 21.4 Å². The lowest BCUT2D eigenvalue weighted by atomic mass is 9.83. The third-order valence-electron chi connectivity index (χ3n) is 5.56. The minimum absolute atomic E-state index is 0.0555. The first-order chi connectivity index (χ1) is 13.8. The van der Waals surface area contributed by atoms with Gasteiger partial charge in [0.2, 0.25) is 5.78 Å². The zero-order valence-corrected chi connectivity index (χ0v) is 18.1. The average molecular weight is 432 g/mol. The van der Waals surface area contributed by atoms with Crippen LogP contribution in [0.3, 0.4) is 0 Å². The van der Waals surface area contributed by atoms with Crippen LogP contribution in [0, 0.1) is 0 Å². The van der Waals surface area contributed by atoms with Crippen LogP contribution < -0.4 is 5.32 Å². The first-order valence-corrected chi connectivity index (χ1v) is 10.2. The van der Waals surface area contributed by atoms with E-state index in [9.17, 15) is 9.90 Å². The molecule has 2 atom stereocenters. The summed E-state index contributed by atoms with van der Waals surface area (Å²) in [5, 5.41) is 14.8. The molecule has 2 aromatic carbocycles. The fraction of sp³-hybridized carbons (Fsp3) is 0.318. The first-order valence-electron chi connectivity index (χ1n) is 9.44. The van der Waals surface area contributed by atoms with Crippen molar-refractivity contribution in [1.82, 2.24) is 9.80 Å². The van der Waals surface area contributed by atoms with Gasteiger partial charge in [0.1, 0.15) is 5.70 Å². The summed E-state index contributed by atoms with van der Waals surface area (Å²) in [6.07, 6.45) is -1.12. The molecule has 0 saturated heterocycles.